The summed E-state index contributed by atoms with van der Waals surface area (Å²) in [6.07, 6.45) is 1.37. The summed E-state index contributed by atoms with van der Waals surface area (Å²) < 4.78 is 24.3. The third kappa shape index (κ3) is 4.61. The summed E-state index contributed by atoms with van der Waals surface area (Å²) in [7, 11) is -3.39. The van der Waals surface area contributed by atoms with Gasteiger partial charge in [-0.3, -0.25) is 0 Å². The van der Waals surface area contributed by atoms with Crippen molar-refractivity contribution in [3.63, 3.8) is 0 Å². The highest BCUT2D eigenvalue weighted by atomic mass is 35.5. The van der Waals surface area contributed by atoms with Crippen LogP contribution < -0.4 is 0 Å². The summed E-state index contributed by atoms with van der Waals surface area (Å²) in [5.74, 6) is 0.875. The molecule has 0 aliphatic carbocycles. The average molecular weight is 330 g/mol. The molecule has 0 radical (unpaired) electrons. The van der Waals surface area contributed by atoms with Gasteiger partial charge in [-0.25, -0.2) is 8.42 Å². The van der Waals surface area contributed by atoms with Gasteiger partial charge in [0.25, 0.3) is 0 Å². The second-order valence-corrected chi connectivity index (χ2v) is 7.56. The second kappa shape index (κ2) is 6.99. The van der Waals surface area contributed by atoms with Gasteiger partial charge >= 0.3 is 0 Å². The van der Waals surface area contributed by atoms with Crippen LogP contribution in [-0.2, 0) is 9.84 Å². The van der Waals surface area contributed by atoms with Crippen LogP contribution in [0, 0.1) is 5.92 Å². The normalized spacial score (nSPS) is 13.6. The Bertz CT molecular complexity index is 500. The minimum atomic E-state index is -3.39. The number of halogens is 3. The summed E-state index contributed by atoms with van der Waals surface area (Å²) in [5, 5.41) is 0.580. The van der Waals surface area contributed by atoms with Gasteiger partial charge in [0.1, 0.15) is 0 Å². The van der Waals surface area contributed by atoms with Crippen molar-refractivity contribution in [2.24, 2.45) is 5.92 Å². The molecule has 0 bridgehead atoms. The molecule has 0 saturated carbocycles. The second-order valence-electron chi connectivity index (χ2n) is 4.27. The topological polar surface area (TPSA) is 34.1 Å². The van der Waals surface area contributed by atoms with E-state index in [2.05, 4.69) is 0 Å². The maximum absolute atomic E-state index is 12.1. The van der Waals surface area contributed by atoms with E-state index in [-0.39, 0.29) is 21.6 Å². The number of rotatable bonds is 6. The number of hydrogen-bond donors (Lipinski definition) is 0. The van der Waals surface area contributed by atoms with E-state index in [9.17, 15) is 8.42 Å². The predicted molar refractivity (Wildman–Crippen MR) is 77.6 cm³/mol. The Kier molecular flexibility index (Phi) is 6.25. The molecule has 1 aromatic carbocycles. The van der Waals surface area contributed by atoms with Crippen LogP contribution in [0.1, 0.15) is 19.8 Å². The van der Waals surface area contributed by atoms with E-state index in [1.807, 2.05) is 6.92 Å². The number of benzene rings is 1. The molecule has 1 rings (SSSR count). The Hall–Kier alpha value is 0.0400. The Morgan fingerprint density at radius 3 is 2.50 bits per heavy atom. The fourth-order valence-corrected chi connectivity index (χ4v) is 4.20. The predicted octanol–water partition coefficient (Wildman–Crippen LogP) is 4.42. The maximum Gasteiger partial charge on any atom is 0.179 e. The standard InChI is InChI=1S/C12H15Cl3O2S/c1-9(4-6-13)5-7-18(16,17)12-8-10(14)2-3-11(12)15/h2-3,8-9H,4-7H2,1H3. The molecule has 0 aliphatic rings. The zero-order chi connectivity index (χ0) is 13.8. The zero-order valence-corrected chi connectivity index (χ0v) is 13.1. The van der Waals surface area contributed by atoms with Crippen molar-refractivity contribution in [3.8, 4) is 0 Å². The number of sulfone groups is 1. The minimum Gasteiger partial charge on any atom is -0.224 e. The fourth-order valence-electron chi connectivity index (χ4n) is 1.51. The van der Waals surface area contributed by atoms with Gasteiger partial charge in [-0.15, -0.1) is 11.6 Å². The molecule has 18 heavy (non-hydrogen) atoms. The third-order valence-corrected chi connectivity index (χ3v) is 5.39. The molecule has 0 fully saturated rings. The largest absolute Gasteiger partial charge is 0.224 e. The molecule has 1 atom stereocenters. The van der Waals surface area contributed by atoms with E-state index >= 15 is 0 Å². The molecule has 2 nitrogen and oxygen atoms in total. The van der Waals surface area contributed by atoms with Crippen LogP contribution in [0.15, 0.2) is 23.1 Å². The van der Waals surface area contributed by atoms with Crippen molar-refractivity contribution < 1.29 is 8.42 Å². The molecule has 0 heterocycles. The van der Waals surface area contributed by atoms with Gasteiger partial charge in [-0.05, 0) is 37.0 Å². The van der Waals surface area contributed by atoms with Gasteiger partial charge in [-0.1, -0.05) is 30.1 Å². The average Bonchev–Trinajstić information content (AvgIpc) is 2.30. The molecule has 0 aromatic heterocycles. The molecule has 102 valence electrons. The number of alkyl halides is 1. The first kappa shape index (κ1) is 16.1. The van der Waals surface area contributed by atoms with Gasteiger partial charge in [0.2, 0.25) is 0 Å². The SMILES string of the molecule is CC(CCCl)CCS(=O)(=O)c1cc(Cl)ccc1Cl. The van der Waals surface area contributed by atoms with Gasteiger partial charge in [-0.2, -0.15) is 0 Å². The van der Waals surface area contributed by atoms with Crippen LogP contribution in [0.25, 0.3) is 0 Å². The molecule has 0 aliphatic heterocycles. The smallest absolute Gasteiger partial charge is 0.179 e. The molecule has 0 spiro atoms. The van der Waals surface area contributed by atoms with Crippen LogP contribution >= 0.6 is 34.8 Å². The summed E-state index contributed by atoms with van der Waals surface area (Å²) >= 11 is 17.3. The van der Waals surface area contributed by atoms with Crippen molar-refractivity contribution >= 4 is 44.6 Å². The zero-order valence-electron chi connectivity index (χ0n) is 10.00. The van der Waals surface area contributed by atoms with E-state index in [0.717, 1.165) is 6.42 Å². The Morgan fingerprint density at radius 2 is 1.89 bits per heavy atom. The van der Waals surface area contributed by atoms with Gasteiger partial charge in [0.15, 0.2) is 9.84 Å². The van der Waals surface area contributed by atoms with Crippen LogP contribution in [0.2, 0.25) is 10.0 Å². The molecule has 0 N–H and O–H groups in total. The van der Waals surface area contributed by atoms with E-state index in [1.54, 1.807) is 6.07 Å². The van der Waals surface area contributed by atoms with Crippen LogP contribution in [0.5, 0.6) is 0 Å². The van der Waals surface area contributed by atoms with E-state index in [1.165, 1.54) is 12.1 Å². The molecule has 6 heteroatoms. The first-order valence-electron chi connectivity index (χ1n) is 5.60. The lowest BCUT2D eigenvalue weighted by molar-refractivity contribution is 0.534. The number of hydrogen-bond acceptors (Lipinski definition) is 2. The minimum absolute atomic E-state index is 0.0606. The highest BCUT2D eigenvalue weighted by molar-refractivity contribution is 7.91. The lowest BCUT2D eigenvalue weighted by Gasteiger charge is -2.11. The van der Waals surface area contributed by atoms with Crippen molar-refractivity contribution in [3.05, 3.63) is 28.2 Å². The quantitative estimate of drug-likeness (QED) is 0.724. The fraction of sp³-hybridized carbons (Fsp3) is 0.500. The monoisotopic (exact) mass is 328 g/mol. The third-order valence-electron chi connectivity index (χ3n) is 2.71. The van der Waals surface area contributed by atoms with Gasteiger partial charge in [0.05, 0.1) is 15.7 Å². The Morgan fingerprint density at radius 1 is 1.22 bits per heavy atom. The highest BCUT2D eigenvalue weighted by Gasteiger charge is 2.19. The molecular weight excluding hydrogens is 315 g/mol. The van der Waals surface area contributed by atoms with Gasteiger partial charge < -0.3 is 0 Å². The van der Waals surface area contributed by atoms with E-state index in [0.29, 0.717) is 17.3 Å². The van der Waals surface area contributed by atoms with E-state index < -0.39 is 9.84 Å². The first-order chi connectivity index (χ1) is 8.36. The molecule has 0 saturated heterocycles. The van der Waals surface area contributed by atoms with E-state index in [4.69, 9.17) is 34.8 Å². The Balaban J connectivity index is 2.83. The van der Waals surface area contributed by atoms with Gasteiger partial charge in [0, 0.05) is 10.9 Å². The molecule has 1 unspecified atom stereocenters. The summed E-state index contributed by atoms with van der Waals surface area (Å²) in [6.45, 7) is 1.98. The van der Waals surface area contributed by atoms with Crippen molar-refractivity contribution in [1.29, 1.82) is 0 Å². The summed E-state index contributed by atoms with van der Waals surface area (Å²) in [4.78, 5) is 0.106. The Labute approximate surface area is 123 Å². The van der Waals surface area contributed by atoms with Crippen molar-refractivity contribution in [2.45, 2.75) is 24.7 Å². The molecule has 1 aromatic rings. The summed E-state index contributed by atoms with van der Waals surface area (Å²) in [5.41, 5.74) is 0. The van der Waals surface area contributed by atoms with Crippen LogP contribution in [-0.4, -0.2) is 20.1 Å². The van der Waals surface area contributed by atoms with Crippen LogP contribution in [0.4, 0.5) is 0 Å². The molecule has 0 amide bonds. The summed E-state index contributed by atoms with van der Waals surface area (Å²) in [6, 6.07) is 4.46. The van der Waals surface area contributed by atoms with Crippen LogP contribution in [0.3, 0.4) is 0 Å². The highest BCUT2D eigenvalue weighted by Crippen LogP contribution is 2.27. The maximum atomic E-state index is 12.1. The van der Waals surface area contributed by atoms with Crippen molar-refractivity contribution in [1.82, 2.24) is 0 Å². The first-order valence-corrected chi connectivity index (χ1v) is 8.55. The lowest BCUT2D eigenvalue weighted by atomic mass is 10.1. The lowest BCUT2D eigenvalue weighted by Crippen LogP contribution is -2.11. The molecular formula is C12H15Cl3O2S. The van der Waals surface area contributed by atoms with Crippen molar-refractivity contribution in [2.75, 3.05) is 11.6 Å².